The average Bonchev–Trinajstić information content (AvgIpc) is 2.61. The molecule has 0 unspecified atom stereocenters. The Labute approximate surface area is 156 Å². The summed E-state index contributed by atoms with van der Waals surface area (Å²) in [6.45, 7) is 11.3. The van der Waals surface area contributed by atoms with Crippen LogP contribution in [0.15, 0.2) is 24.3 Å². The second-order valence-electron chi connectivity index (χ2n) is 7.59. The smallest absolute Gasteiger partial charge is 0.317 e. The molecule has 1 N–H and O–H groups in total. The van der Waals surface area contributed by atoms with Crippen molar-refractivity contribution in [3.05, 3.63) is 29.8 Å². The fourth-order valence-electron chi connectivity index (χ4n) is 2.97. The lowest BCUT2D eigenvalue weighted by Gasteiger charge is -2.37. The van der Waals surface area contributed by atoms with Crippen molar-refractivity contribution in [2.45, 2.75) is 34.1 Å². The molecule has 0 saturated carbocycles. The van der Waals surface area contributed by atoms with E-state index in [-0.39, 0.29) is 17.4 Å². The maximum Gasteiger partial charge on any atom is 0.317 e. The van der Waals surface area contributed by atoms with E-state index in [1.165, 1.54) is 0 Å². The van der Waals surface area contributed by atoms with Crippen LogP contribution in [0.1, 0.15) is 33.3 Å². The van der Waals surface area contributed by atoms with Gasteiger partial charge in [-0.1, -0.05) is 32.9 Å². The summed E-state index contributed by atoms with van der Waals surface area (Å²) in [5, 5.41) is 2.97. The molecule has 1 aromatic rings. The average molecular weight is 361 g/mol. The van der Waals surface area contributed by atoms with Crippen LogP contribution in [0.25, 0.3) is 0 Å². The van der Waals surface area contributed by atoms with Crippen molar-refractivity contribution in [2.24, 2.45) is 5.41 Å². The molecule has 2 rings (SSSR count). The molecule has 1 aliphatic rings. The summed E-state index contributed by atoms with van der Waals surface area (Å²) in [5.41, 5.74) is 0.761. The van der Waals surface area contributed by atoms with Gasteiger partial charge in [0.1, 0.15) is 5.75 Å². The Kier molecular flexibility index (Phi) is 6.89. The fraction of sp³-hybridized carbons (Fsp3) is 0.600. The van der Waals surface area contributed by atoms with Crippen molar-refractivity contribution in [3.8, 4) is 5.75 Å². The number of amides is 3. The number of carbonyl (C=O) groups excluding carboxylic acids is 2. The van der Waals surface area contributed by atoms with E-state index in [0.717, 1.165) is 17.7 Å². The van der Waals surface area contributed by atoms with E-state index >= 15 is 0 Å². The van der Waals surface area contributed by atoms with Crippen LogP contribution in [0.3, 0.4) is 0 Å². The first kappa shape index (κ1) is 20.1. The molecular weight excluding hydrogens is 330 g/mol. The number of hydrogen-bond donors (Lipinski definition) is 1. The molecular formula is C20H31N3O3. The summed E-state index contributed by atoms with van der Waals surface area (Å²) in [6, 6.07) is 7.88. The maximum atomic E-state index is 12.3. The van der Waals surface area contributed by atoms with Gasteiger partial charge in [0.2, 0.25) is 5.91 Å². The highest BCUT2D eigenvalue weighted by molar-refractivity contribution is 5.82. The number of benzene rings is 1. The van der Waals surface area contributed by atoms with Crippen LogP contribution in [-0.2, 0) is 11.2 Å². The number of hydrogen-bond acceptors (Lipinski definition) is 3. The standard InChI is InChI=1S/C20H31N3O3/c1-5-26-17-8-6-7-16(15-17)9-10-21-19(25)23-13-11-22(12-14-23)18(24)20(2,3)4/h6-8,15H,5,9-14H2,1-4H3,(H,21,25). The zero-order valence-electron chi connectivity index (χ0n) is 16.4. The molecule has 0 aliphatic carbocycles. The lowest BCUT2D eigenvalue weighted by Crippen LogP contribution is -2.55. The van der Waals surface area contributed by atoms with E-state index < -0.39 is 0 Å². The van der Waals surface area contributed by atoms with Gasteiger partial charge in [-0.05, 0) is 31.0 Å². The van der Waals surface area contributed by atoms with Gasteiger partial charge in [-0.15, -0.1) is 0 Å². The van der Waals surface area contributed by atoms with Crippen LogP contribution in [0, 0.1) is 5.41 Å². The van der Waals surface area contributed by atoms with Gasteiger partial charge in [-0.3, -0.25) is 4.79 Å². The van der Waals surface area contributed by atoms with Gasteiger partial charge in [0, 0.05) is 38.1 Å². The first-order valence-corrected chi connectivity index (χ1v) is 9.35. The molecule has 0 radical (unpaired) electrons. The van der Waals surface area contributed by atoms with Gasteiger partial charge in [0.25, 0.3) is 0 Å². The van der Waals surface area contributed by atoms with Gasteiger partial charge in [-0.25, -0.2) is 4.79 Å². The largest absolute Gasteiger partial charge is 0.494 e. The second kappa shape index (κ2) is 8.92. The first-order chi connectivity index (χ1) is 12.3. The zero-order chi connectivity index (χ0) is 19.2. The Morgan fingerprint density at radius 3 is 2.38 bits per heavy atom. The number of urea groups is 1. The quantitative estimate of drug-likeness (QED) is 0.877. The first-order valence-electron chi connectivity index (χ1n) is 9.35. The fourth-order valence-corrected chi connectivity index (χ4v) is 2.97. The summed E-state index contributed by atoms with van der Waals surface area (Å²) in [7, 11) is 0. The van der Waals surface area contributed by atoms with Gasteiger partial charge < -0.3 is 19.9 Å². The van der Waals surface area contributed by atoms with E-state index in [0.29, 0.717) is 39.3 Å². The molecule has 1 aromatic carbocycles. The topological polar surface area (TPSA) is 61.9 Å². The van der Waals surface area contributed by atoms with E-state index in [9.17, 15) is 9.59 Å². The molecule has 3 amide bonds. The highest BCUT2D eigenvalue weighted by atomic mass is 16.5. The molecule has 1 heterocycles. The minimum absolute atomic E-state index is 0.0613. The van der Waals surface area contributed by atoms with Gasteiger partial charge in [0.15, 0.2) is 0 Å². The van der Waals surface area contributed by atoms with Crippen molar-refractivity contribution >= 4 is 11.9 Å². The van der Waals surface area contributed by atoms with Gasteiger partial charge in [-0.2, -0.15) is 0 Å². The highest BCUT2D eigenvalue weighted by Gasteiger charge is 2.30. The number of ether oxygens (including phenoxy) is 1. The Hall–Kier alpha value is -2.24. The highest BCUT2D eigenvalue weighted by Crippen LogP contribution is 2.18. The molecule has 6 heteroatoms. The minimum Gasteiger partial charge on any atom is -0.494 e. The molecule has 1 aliphatic heterocycles. The van der Waals surface area contributed by atoms with Crippen molar-refractivity contribution in [3.63, 3.8) is 0 Å². The summed E-state index contributed by atoms with van der Waals surface area (Å²) < 4.78 is 5.49. The van der Waals surface area contributed by atoms with E-state index in [1.807, 2.05) is 56.9 Å². The zero-order valence-corrected chi connectivity index (χ0v) is 16.4. The van der Waals surface area contributed by atoms with Crippen molar-refractivity contribution in [1.82, 2.24) is 15.1 Å². The Bertz CT molecular complexity index is 617. The molecule has 0 aromatic heterocycles. The number of carbonyl (C=O) groups is 2. The molecule has 0 atom stereocenters. The van der Waals surface area contributed by atoms with Crippen molar-refractivity contribution in [1.29, 1.82) is 0 Å². The maximum absolute atomic E-state index is 12.3. The third-order valence-corrected chi connectivity index (χ3v) is 4.40. The van der Waals surface area contributed by atoms with Crippen LogP contribution in [0.4, 0.5) is 4.79 Å². The summed E-state index contributed by atoms with van der Waals surface area (Å²) in [5.74, 6) is 1.00. The van der Waals surface area contributed by atoms with E-state index in [1.54, 1.807) is 4.90 Å². The summed E-state index contributed by atoms with van der Waals surface area (Å²) >= 11 is 0. The van der Waals surface area contributed by atoms with Crippen LogP contribution in [0.5, 0.6) is 5.75 Å². The SMILES string of the molecule is CCOc1cccc(CCNC(=O)N2CCN(C(=O)C(C)(C)C)CC2)c1. The lowest BCUT2D eigenvalue weighted by atomic mass is 9.94. The third-order valence-electron chi connectivity index (χ3n) is 4.40. The van der Waals surface area contributed by atoms with Gasteiger partial charge >= 0.3 is 6.03 Å². The van der Waals surface area contributed by atoms with Crippen molar-refractivity contribution in [2.75, 3.05) is 39.3 Å². The molecule has 144 valence electrons. The number of piperazine rings is 1. The Balaban J connectivity index is 1.74. The van der Waals surface area contributed by atoms with E-state index in [4.69, 9.17) is 4.74 Å². The summed E-state index contributed by atoms with van der Waals surface area (Å²) in [4.78, 5) is 28.2. The Morgan fingerprint density at radius 2 is 1.77 bits per heavy atom. The normalized spacial score (nSPS) is 14.9. The number of rotatable bonds is 5. The summed E-state index contributed by atoms with van der Waals surface area (Å²) in [6.07, 6.45) is 0.759. The van der Waals surface area contributed by atoms with Gasteiger partial charge in [0.05, 0.1) is 6.61 Å². The molecule has 1 fully saturated rings. The molecule has 26 heavy (non-hydrogen) atoms. The van der Waals surface area contributed by atoms with E-state index in [2.05, 4.69) is 5.32 Å². The second-order valence-corrected chi connectivity index (χ2v) is 7.59. The molecule has 1 saturated heterocycles. The molecule has 0 spiro atoms. The third kappa shape index (κ3) is 5.64. The van der Waals surface area contributed by atoms with Crippen LogP contribution < -0.4 is 10.1 Å². The molecule has 0 bridgehead atoms. The van der Waals surface area contributed by atoms with Crippen molar-refractivity contribution < 1.29 is 14.3 Å². The Morgan fingerprint density at radius 1 is 1.12 bits per heavy atom. The number of nitrogens with one attached hydrogen (secondary N) is 1. The predicted molar refractivity (Wildman–Crippen MR) is 102 cm³/mol. The number of nitrogens with zero attached hydrogens (tertiary/aromatic N) is 2. The minimum atomic E-state index is -0.375. The molecule has 6 nitrogen and oxygen atoms in total. The lowest BCUT2D eigenvalue weighted by molar-refractivity contribution is -0.140. The monoisotopic (exact) mass is 361 g/mol. The van der Waals surface area contributed by atoms with Crippen LogP contribution in [-0.4, -0.2) is 61.1 Å². The van der Waals surface area contributed by atoms with Crippen LogP contribution >= 0.6 is 0 Å². The predicted octanol–water partition coefficient (Wildman–Crippen LogP) is 2.53. The van der Waals surface area contributed by atoms with Crippen LogP contribution in [0.2, 0.25) is 0 Å².